The Morgan fingerprint density at radius 1 is 1.25 bits per heavy atom. The van der Waals surface area contributed by atoms with Crippen LogP contribution in [0.1, 0.15) is 11.1 Å². The number of amides is 1. The number of hydrogen-bond donors (Lipinski definition) is 1. The summed E-state index contributed by atoms with van der Waals surface area (Å²) >= 11 is 4.93. The van der Waals surface area contributed by atoms with Crippen LogP contribution in [0.25, 0.3) is 0 Å². The second-order valence-electron chi connectivity index (χ2n) is 3.94. The van der Waals surface area contributed by atoms with Gasteiger partial charge in [-0.2, -0.15) is 13.2 Å². The third kappa shape index (κ3) is 6.72. The number of alkyl halides is 5. The summed E-state index contributed by atoms with van der Waals surface area (Å²) in [4.78, 5) is 10.9. The maximum absolute atomic E-state index is 12.3. The topological polar surface area (TPSA) is 38.3 Å². The molecule has 1 N–H and O–H groups in total. The smallest absolute Gasteiger partial charge is 0.367 e. The molecule has 8 heteroatoms. The van der Waals surface area contributed by atoms with Gasteiger partial charge in [0, 0.05) is 6.54 Å². The molecule has 0 spiro atoms. The van der Waals surface area contributed by atoms with Crippen LogP contribution >= 0.6 is 11.6 Å². The predicted octanol–water partition coefficient (Wildman–Crippen LogP) is 2.92. The Morgan fingerprint density at radius 2 is 1.80 bits per heavy atom. The molecule has 0 aliphatic rings. The lowest BCUT2D eigenvalue weighted by molar-refractivity contribution is -0.176. The molecule has 1 aromatic carbocycles. The van der Waals surface area contributed by atoms with Crippen LogP contribution in [-0.4, -0.2) is 24.3 Å². The number of ether oxygens (including phenoxy) is 1. The highest BCUT2D eigenvalue weighted by Gasteiger charge is 2.27. The fraction of sp³-hybridized carbons (Fsp3) is 0.417. The fourth-order valence-electron chi connectivity index (χ4n) is 1.30. The van der Waals surface area contributed by atoms with E-state index < -0.39 is 24.3 Å². The molecule has 0 aliphatic heterocycles. The molecule has 3 nitrogen and oxygen atoms in total. The number of nitrogens with one attached hydrogen (secondary N) is 1. The SMILES string of the molecule is O=C(NCc1ccc(COCC(F)(F)F)cc1)C(F)Cl. The monoisotopic (exact) mass is 313 g/mol. The van der Waals surface area contributed by atoms with Gasteiger partial charge in [-0.3, -0.25) is 4.79 Å². The third-order valence-electron chi connectivity index (χ3n) is 2.22. The number of rotatable bonds is 6. The fourth-order valence-corrected chi connectivity index (χ4v) is 1.38. The second-order valence-corrected chi connectivity index (χ2v) is 4.33. The van der Waals surface area contributed by atoms with E-state index in [1.807, 2.05) is 0 Å². The van der Waals surface area contributed by atoms with E-state index in [1.54, 1.807) is 24.3 Å². The molecule has 0 bridgehead atoms. The van der Waals surface area contributed by atoms with Crippen molar-refractivity contribution < 1.29 is 27.1 Å². The zero-order valence-corrected chi connectivity index (χ0v) is 11.0. The predicted molar refractivity (Wildman–Crippen MR) is 64.7 cm³/mol. The van der Waals surface area contributed by atoms with Gasteiger partial charge in [0.15, 0.2) is 0 Å². The van der Waals surface area contributed by atoms with Crippen LogP contribution < -0.4 is 5.32 Å². The molecular weight excluding hydrogens is 302 g/mol. The molecule has 1 aromatic rings. The lowest BCUT2D eigenvalue weighted by Gasteiger charge is -2.09. The molecule has 0 saturated carbocycles. The van der Waals surface area contributed by atoms with E-state index in [2.05, 4.69) is 10.1 Å². The molecule has 0 aliphatic carbocycles. The van der Waals surface area contributed by atoms with Gasteiger partial charge in [0.05, 0.1) is 6.61 Å². The van der Waals surface area contributed by atoms with Gasteiger partial charge >= 0.3 is 6.18 Å². The first-order valence-electron chi connectivity index (χ1n) is 5.56. The van der Waals surface area contributed by atoms with E-state index in [0.717, 1.165) is 0 Å². The number of halogens is 5. The van der Waals surface area contributed by atoms with Crippen LogP contribution in [0.15, 0.2) is 24.3 Å². The Labute approximate surface area is 117 Å². The van der Waals surface area contributed by atoms with Crippen molar-refractivity contribution in [2.75, 3.05) is 6.61 Å². The van der Waals surface area contributed by atoms with Crippen molar-refractivity contribution >= 4 is 17.5 Å². The van der Waals surface area contributed by atoms with E-state index in [0.29, 0.717) is 11.1 Å². The molecule has 0 radical (unpaired) electrons. The summed E-state index contributed by atoms with van der Waals surface area (Å²) in [6.45, 7) is -1.39. The Hall–Kier alpha value is -1.34. The maximum Gasteiger partial charge on any atom is 0.411 e. The maximum atomic E-state index is 12.3. The quantitative estimate of drug-likeness (QED) is 0.648. The molecule has 112 valence electrons. The van der Waals surface area contributed by atoms with Crippen molar-refractivity contribution in [3.8, 4) is 0 Å². The molecule has 0 aromatic heterocycles. The van der Waals surface area contributed by atoms with Crippen LogP contribution in [0.4, 0.5) is 17.6 Å². The number of carbonyl (C=O) groups excluding carboxylic acids is 1. The van der Waals surface area contributed by atoms with Gasteiger partial charge in [0.25, 0.3) is 11.5 Å². The van der Waals surface area contributed by atoms with Gasteiger partial charge in [-0.25, -0.2) is 4.39 Å². The first kappa shape index (κ1) is 16.7. The van der Waals surface area contributed by atoms with E-state index in [4.69, 9.17) is 11.6 Å². The highest BCUT2D eigenvalue weighted by Crippen LogP contribution is 2.15. The van der Waals surface area contributed by atoms with Crippen LogP contribution in [0, 0.1) is 0 Å². The average molecular weight is 314 g/mol. The first-order chi connectivity index (χ1) is 9.28. The van der Waals surface area contributed by atoms with Crippen LogP contribution in [0.3, 0.4) is 0 Å². The Bertz CT molecular complexity index is 434. The molecule has 1 unspecified atom stereocenters. The Kier molecular flexibility index (Phi) is 6.22. The molecule has 0 heterocycles. The molecule has 0 fully saturated rings. The summed E-state index contributed by atoms with van der Waals surface area (Å²) in [7, 11) is 0. The largest absolute Gasteiger partial charge is 0.411 e. The highest BCUT2D eigenvalue weighted by molar-refractivity contribution is 6.29. The second kappa shape index (κ2) is 7.44. The first-order valence-corrected chi connectivity index (χ1v) is 6.00. The standard InChI is InChI=1S/C12H12ClF4NO2/c13-10(14)11(19)18-5-8-1-3-9(4-2-8)6-20-7-12(15,16)17/h1-4,10H,5-7H2,(H,18,19). The van der Waals surface area contributed by atoms with Crippen molar-refractivity contribution in [3.63, 3.8) is 0 Å². The minimum atomic E-state index is -4.35. The summed E-state index contributed by atoms with van der Waals surface area (Å²) in [6.07, 6.45) is -4.35. The number of carbonyl (C=O) groups is 1. The lowest BCUT2D eigenvalue weighted by Crippen LogP contribution is -2.28. The molecule has 1 rings (SSSR count). The summed E-state index contributed by atoms with van der Waals surface area (Å²) in [5.74, 6) is -0.941. The normalized spacial score (nSPS) is 13.1. The summed E-state index contributed by atoms with van der Waals surface area (Å²) < 4.78 is 52.4. The average Bonchev–Trinajstić information content (AvgIpc) is 2.35. The van der Waals surface area contributed by atoms with E-state index in [-0.39, 0.29) is 13.2 Å². The van der Waals surface area contributed by atoms with Gasteiger partial charge < -0.3 is 10.1 Å². The van der Waals surface area contributed by atoms with Crippen molar-refractivity contribution in [3.05, 3.63) is 35.4 Å². The van der Waals surface area contributed by atoms with Gasteiger partial charge in [-0.15, -0.1) is 0 Å². The van der Waals surface area contributed by atoms with E-state index in [9.17, 15) is 22.4 Å². The minimum Gasteiger partial charge on any atom is -0.367 e. The van der Waals surface area contributed by atoms with Gasteiger partial charge in [-0.1, -0.05) is 35.9 Å². The Balaban J connectivity index is 2.38. The zero-order chi connectivity index (χ0) is 15.2. The van der Waals surface area contributed by atoms with Gasteiger partial charge in [0.2, 0.25) is 0 Å². The van der Waals surface area contributed by atoms with Crippen molar-refractivity contribution in [2.24, 2.45) is 0 Å². The molecule has 20 heavy (non-hydrogen) atoms. The highest BCUT2D eigenvalue weighted by atomic mass is 35.5. The molecule has 1 amide bonds. The minimum absolute atomic E-state index is 0.0790. The number of benzene rings is 1. The Morgan fingerprint density at radius 3 is 2.30 bits per heavy atom. The summed E-state index contributed by atoms with van der Waals surface area (Å²) in [6, 6.07) is 6.30. The van der Waals surface area contributed by atoms with Crippen LogP contribution in [0.5, 0.6) is 0 Å². The van der Waals surface area contributed by atoms with E-state index >= 15 is 0 Å². The van der Waals surface area contributed by atoms with Crippen molar-refractivity contribution in [1.29, 1.82) is 0 Å². The molecular formula is C12H12ClF4NO2. The summed E-state index contributed by atoms with van der Waals surface area (Å²) in [5, 5.41) is 2.26. The van der Waals surface area contributed by atoms with Crippen molar-refractivity contribution in [1.82, 2.24) is 5.32 Å². The zero-order valence-electron chi connectivity index (χ0n) is 10.2. The van der Waals surface area contributed by atoms with E-state index in [1.165, 1.54) is 0 Å². The van der Waals surface area contributed by atoms with Crippen LogP contribution in [-0.2, 0) is 22.7 Å². The lowest BCUT2D eigenvalue weighted by atomic mass is 10.1. The van der Waals surface area contributed by atoms with Gasteiger partial charge in [-0.05, 0) is 11.1 Å². The molecule has 0 saturated heterocycles. The van der Waals surface area contributed by atoms with Crippen molar-refractivity contribution in [2.45, 2.75) is 25.0 Å². The van der Waals surface area contributed by atoms with Crippen LogP contribution in [0.2, 0.25) is 0 Å². The molecule has 1 atom stereocenters. The third-order valence-corrected chi connectivity index (χ3v) is 2.42. The summed E-state index contributed by atoms with van der Waals surface area (Å²) in [5.41, 5.74) is -0.884. The number of hydrogen-bond acceptors (Lipinski definition) is 2. The van der Waals surface area contributed by atoms with Gasteiger partial charge in [0.1, 0.15) is 6.61 Å².